The van der Waals surface area contributed by atoms with Crippen LogP contribution in [-0.4, -0.2) is 37.4 Å². The van der Waals surface area contributed by atoms with Gasteiger partial charge in [0.05, 0.1) is 5.25 Å². The first-order chi connectivity index (χ1) is 8.57. The molecular weight excluding hydrogens is 256 g/mol. The normalized spacial score (nSPS) is 38.2. The lowest BCUT2D eigenvalue weighted by molar-refractivity contribution is -0.0914. The Morgan fingerprint density at radius 2 is 2.44 bits per heavy atom. The van der Waals surface area contributed by atoms with Crippen LogP contribution >= 0.6 is 11.8 Å². The van der Waals surface area contributed by atoms with Gasteiger partial charge >= 0.3 is 5.69 Å². The summed E-state index contributed by atoms with van der Waals surface area (Å²) >= 11 is 1.61. The van der Waals surface area contributed by atoms with E-state index >= 15 is 0 Å². The van der Waals surface area contributed by atoms with E-state index < -0.39 is 29.2 Å². The highest BCUT2D eigenvalue weighted by Gasteiger charge is 2.59. The number of nitrogens with one attached hydrogen (secondary N) is 1. The van der Waals surface area contributed by atoms with Crippen LogP contribution in [0, 0.1) is 0 Å². The molecule has 0 unspecified atom stereocenters. The predicted molar refractivity (Wildman–Crippen MR) is 66.7 cm³/mol. The molecule has 7 heteroatoms. The van der Waals surface area contributed by atoms with Gasteiger partial charge in [-0.2, -0.15) is 0 Å². The fourth-order valence-electron chi connectivity index (χ4n) is 2.60. The van der Waals surface area contributed by atoms with E-state index in [1.807, 2.05) is 6.92 Å². The third-order valence-electron chi connectivity index (χ3n) is 3.73. The molecule has 0 aromatic carbocycles. The number of rotatable bonds is 2. The zero-order valence-corrected chi connectivity index (χ0v) is 10.6. The highest BCUT2D eigenvalue weighted by atomic mass is 32.2. The highest BCUT2D eigenvalue weighted by Crippen LogP contribution is 2.52. The summed E-state index contributed by atoms with van der Waals surface area (Å²) < 4.78 is 7.23. The molecule has 2 saturated heterocycles. The van der Waals surface area contributed by atoms with Crippen LogP contribution in [0.2, 0.25) is 0 Å². The third-order valence-corrected chi connectivity index (χ3v) is 5.26. The Morgan fingerprint density at radius 1 is 1.67 bits per heavy atom. The summed E-state index contributed by atoms with van der Waals surface area (Å²) in [5.41, 5.74) is -1.49. The number of aromatic amines is 1. The summed E-state index contributed by atoms with van der Waals surface area (Å²) in [6.07, 6.45) is 1.04. The Kier molecular flexibility index (Phi) is 2.65. The molecule has 4 atom stereocenters. The number of aliphatic hydroxyl groups excluding tert-OH is 1. The van der Waals surface area contributed by atoms with Gasteiger partial charge in [-0.15, -0.1) is 11.8 Å². The molecule has 2 N–H and O–H groups in total. The molecule has 0 saturated carbocycles. The summed E-state index contributed by atoms with van der Waals surface area (Å²) in [7, 11) is 0. The highest BCUT2D eigenvalue weighted by molar-refractivity contribution is 8.00. The van der Waals surface area contributed by atoms with Gasteiger partial charge in [-0.05, 0) is 6.42 Å². The number of ether oxygens (including phenoxy) is 1. The molecule has 2 aliphatic rings. The Balaban J connectivity index is 2.01. The van der Waals surface area contributed by atoms with E-state index in [2.05, 4.69) is 4.98 Å². The zero-order chi connectivity index (χ0) is 12.9. The van der Waals surface area contributed by atoms with Crippen LogP contribution in [0.4, 0.5) is 0 Å². The molecule has 98 valence electrons. The van der Waals surface area contributed by atoms with E-state index in [1.165, 1.54) is 16.8 Å². The van der Waals surface area contributed by atoms with E-state index in [4.69, 9.17) is 4.74 Å². The van der Waals surface area contributed by atoms with Crippen molar-refractivity contribution in [3.05, 3.63) is 33.1 Å². The first-order valence-electron chi connectivity index (χ1n) is 5.86. The molecular formula is C11H14N2O4S. The largest absolute Gasteiger partial charge is 0.389 e. The van der Waals surface area contributed by atoms with Gasteiger partial charge in [0.2, 0.25) is 0 Å². The van der Waals surface area contributed by atoms with Crippen molar-refractivity contribution in [1.82, 2.24) is 9.55 Å². The van der Waals surface area contributed by atoms with Gasteiger partial charge in [-0.25, -0.2) is 4.79 Å². The van der Waals surface area contributed by atoms with Crippen LogP contribution in [0.15, 0.2) is 21.9 Å². The molecule has 2 bridgehead atoms. The standard InChI is InChI=1S/C11H14N2O4S/c1-2-11-5-18-7(8(11)15)9(17-11)13-4-3-6(14)12-10(13)16/h3-4,7-9,15H,2,5H2,1H3,(H,12,14,16)/t7-,8+,9-,11+/m1/s1. The van der Waals surface area contributed by atoms with Crippen molar-refractivity contribution < 1.29 is 9.84 Å². The SMILES string of the molecule is CC[C@@]12CS[C@@H]([C@H](n3ccc(=O)[nH]c3=O)O1)[C@@H]2O. The Morgan fingerprint density at radius 3 is 3.06 bits per heavy atom. The van der Waals surface area contributed by atoms with E-state index in [0.717, 1.165) is 5.75 Å². The second-order valence-corrected chi connectivity index (χ2v) is 5.83. The van der Waals surface area contributed by atoms with Gasteiger partial charge in [0, 0.05) is 18.0 Å². The maximum atomic E-state index is 11.7. The number of H-pyrrole nitrogens is 1. The van der Waals surface area contributed by atoms with Crippen molar-refractivity contribution in [2.24, 2.45) is 0 Å². The minimum Gasteiger partial charge on any atom is -0.389 e. The lowest BCUT2D eigenvalue weighted by Gasteiger charge is -2.30. The van der Waals surface area contributed by atoms with Crippen molar-refractivity contribution >= 4 is 11.8 Å². The molecule has 1 aromatic rings. The predicted octanol–water partition coefficient (Wildman–Crippen LogP) is -0.309. The fraction of sp³-hybridized carbons (Fsp3) is 0.636. The average Bonchev–Trinajstić information content (AvgIpc) is 2.81. The number of fused-ring (bicyclic) bond motifs is 2. The van der Waals surface area contributed by atoms with Gasteiger partial charge < -0.3 is 9.84 Å². The van der Waals surface area contributed by atoms with Crippen molar-refractivity contribution in [3.63, 3.8) is 0 Å². The number of hydrogen-bond acceptors (Lipinski definition) is 5. The number of aromatic nitrogens is 2. The molecule has 1 aromatic heterocycles. The van der Waals surface area contributed by atoms with Crippen LogP contribution in [0.5, 0.6) is 0 Å². The number of hydrogen-bond donors (Lipinski definition) is 2. The third kappa shape index (κ3) is 1.51. The molecule has 0 radical (unpaired) electrons. The first-order valence-corrected chi connectivity index (χ1v) is 6.91. The first kappa shape index (κ1) is 12.0. The van der Waals surface area contributed by atoms with Crippen molar-refractivity contribution in [1.29, 1.82) is 0 Å². The minimum atomic E-state index is -0.573. The number of aliphatic hydroxyl groups is 1. The molecule has 3 heterocycles. The molecule has 0 aliphatic carbocycles. The van der Waals surface area contributed by atoms with E-state index in [1.54, 1.807) is 11.8 Å². The second kappa shape index (κ2) is 3.97. The fourth-order valence-corrected chi connectivity index (χ4v) is 4.30. The van der Waals surface area contributed by atoms with Crippen LogP contribution in [0.1, 0.15) is 19.6 Å². The van der Waals surface area contributed by atoms with E-state index in [-0.39, 0.29) is 5.25 Å². The minimum absolute atomic E-state index is 0.159. The van der Waals surface area contributed by atoms with E-state index in [9.17, 15) is 14.7 Å². The monoisotopic (exact) mass is 270 g/mol. The van der Waals surface area contributed by atoms with Gasteiger partial charge in [0.1, 0.15) is 11.7 Å². The molecule has 3 rings (SSSR count). The summed E-state index contributed by atoms with van der Waals surface area (Å²) in [6, 6.07) is 1.28. The molecule has 6 nitrogen and oxygen atoms in total. The topological polar surface area (TPSA) is 84.3 Å². The smallest absolute Gasteiger partial charge is 0.330 e. The van der Waals surface area contributed by atoms with Crippen LogP contribution < -0.4 is 11.2 Å². The molecule has 0 amide bonds. The van der Waals surface area contributed by atoms with Crippen molar-refractivity contribution in [3.8, 4) is 0 Å². The molecule has 2 aliphatic heterocycles. The van der Waals surface area contributed by atoms with Crippen LogP contribution in [-0.2, 0) is 4.74 Å². The van der Waals surface area contributed by atoms with Crippen LogP contribution in [0.25, 0.3) is 0 Å². The van der Waals surface area contributed by atoms with Crippen molar-refractivity contribution in [2.45, 2.75) is 36.5 Å². The number of nitrogens with zero attached hydrogens (tertiary/aromatic N) is 1. The Labute approximate surface area is 107 Å². The summed E-state index contributed by atoms with van der Waals surface area (Å²) in [6.45, 7) is 1.96. The molecule has 2 fully saturated rings. The summed E-state index contributed by atoms with van der Waals surface area (Å²) in [4.78, 5) is 25.0. The lowest BCUT2D eigenvalue weighted by Crippen LogP contribution is -2.39. The molecule has 18 heavy (non-hydrogen) atoms. The maximum absolute atomic E-state index is 11.7. The van der Waals surface area contributed by atoms with Gasteiger partial charge in [0.15, 0.2) is 6.23 Å². The second-order valence-electron chi connectivity index (χ2n) is 4.66. The zero-order valence-electron chi connectivity index (χ0n) is 9.83. The Hall–Kier alpha value is -1.05. The van der Waals surface area contributed by atoms with E-state index in [0.29, 0.717) is 6.42 Å². The Bertz CT molecular complexity index is 583. The van der Waals surface area contributed by atoms with Crippen LogP contribution in [0.3, 0.4) is 0 Å². The lowest BCUT2D eigenvalue weighted by atomic mass is 9.96. The molecule has 0 spiro atoms. The van der Waals surface area contributed by atoms with Gasteiger partial charge in [-0.1, -0.05) is 6.92 Å². The maximum Gasteiger partial charge on any atom is 0.330 e. The summed E-state index contributed by atoms with van der Waals surface area (Å²) in [5.74, 6) is 0.740. The van der Waals surface area contributed by atoms with Gasteiger partial charge in [-0.3, -0.25) is 14.3 Å². The van der Waals surface area contributed by atoms with Gasteiger partial charge in [0.25, 0.3) is 5.56 Å². The average molecular weight is 270 g/mol. The quantitative estimate of drug-likeness (QED) is 0.770. The number of thioether (sulfide) groups is 1. The van der Waals surface area contributed by atoms with Crippen molar-refractivity contribution in [2.75, 3.05) is 5.75 Å². The summed E-state index contributed by atoms with van der Waals surface area (Å²) in [5, 5.41) is 10.1.